The quantitative estimate of drug-likeness (QED) is 0.267. The lowest BCUT2D eigenvalue weighted by atomic mass is 9.89. The van der Waals surface area contributed by atoms with Gasteiger partial charge >= 0.3 is 0 Å². The number of fused-ring (bicyclic) bond motifs is 1. The maximum absolute atomic E-state index is 13.1. The number of halogens is 2. The first-order valence-corrected chi connectivity index (χ1v) is 11.7. The molecule has 7 heteroatoms. The zero-order valence-corrected chi connectivity index (χ0v) is 20.5. The van der Waals surface area contributed by atoms with Gasteiger partial charge in [-0.2, -0.15) is 0 Å². The van der Waals surface area contributed by atoms with Crippen molar-refractivity contribution >= 4 is 34.7 Å². The lowest BCUT2D eigenvalue weighted by Crippen LogP contribution is -2.27. The number of hydrogen-bond donors (Lipinski definition) is 1. The third-order valence-corrected chi connectivity index (χ3v) is 5.89. The van der Waals surface area contributed by atoms with Crippen LogP contribution in [-0.4, -0.2) is 33.3 Å². The highest BCUT2D eigenvalue weighted by molar-refractivity contribution is 6.55. The first-order valence-electron chi connectivity index (χ1n) is 11.0. The Balaban J connectivity index is 1.71. The summed E-state index contributed by atoms with van der Waals surface area (Å²) in [6.45, 7) is 0.639. The zero-order valence-electron chi connectivity index (χ0n) is 19.0. The van der Waals surface area contributed by atoms with Gasteiger partial charge in [0.15, 0.2) is 11.5 Å². The van der Waals surface area contributed by atoms with E-state index in [1.165, 1.54) is 36.3 Å². The van der Waals surface area contributed by atoms with Crippen LogP contribution in [0.1, 0.15) is 35.1 Å². The Labute approximate surface area is 205 Å². The molecule has 0 spiro atoms. The second-order valence-corrected chi connectivity index (χ2v) is 8.75. The van der Waals surface area contributed by atoms with Crippen molar-refractivity contribution in [3.05, 3.63) is 75.5 Å². The predicted molar refractivity (Wildman–Crippen MR) is 133 cm³/mol. The molecule has 5 nitrogen and oxygen atoms in total. The summed E-state index contributed by atoms with van der Waals surface area (Å²) in [5, 5.41) is 3.00. The molecule has 1 aliphatic carbocycles. The average molecular weight is 490 g/mol. The lowest BCUT2D eigenvalue weighted by molar-refractivity contribution is -0.115. The Morgan fingerprint density at radius 3 is 2.48 bits per heavy atom. The van der Waals surface area contributed by atoms with Crippen LogP contribution in [0.5, 0.6) is 11.5 Å². The second-order valence-electron chi connectivity index (χ2n) is 7.74. The summed E-state index contributed by atoms with van der Waals surface area (Å²) in [6, 6.07) is 11.9. The number of benzene rings is 2. The molecule has 0 radical (unpaired) electrons. The molecule has 0 heterocycles. The fraction of sp³-hybridized carbons (Fsp3) is 0.346. The number of hydrogen-bond acceptors (Lipinski definition) is 4. The molecule has 0 bridgehead atoms. The van der Waals surface area contributed by atoms with Crippen LogP contribution in [0.2, 0.25) is 0 Å². The van der Waals surface area contributed by atoms with Gasteiger partial charge in [0.1, 0.15) is 11.1 Å². The molecule has 0 atom stereocenters. The van der Waals surface area contributed by atoms with Crippen molar-refractivity contribution in [2.75, 3.05) is 27.4 Å². The molecule has 2 aromatic carbocycles. The molecule has 1 aliphatic rings. The second kappa shape index (κ2) is 12.6. The van der Waals surface area contributed by atoms with E-state index in [9.17, 15) is 4.79 Å². The molecular formula is C26H29Cl2NO4. The van der Waals surface area contributed by atoms with Crippen LogP contribution in [-0.2, 0) is 28.8 Å². The van der Waals surface area contributed by atoms with E-state index in [1.54, 1.807) is 14.2 Å². The van der Waals surface area contributed by atoms with Gasteiger partial charge in [-0.15, -0.1) is 0 Å². The molecule has 176 valence electrons. The highest BCUT2D eigenvalue weighted by Gasteiger charge is 2.16. The van der Waals surface area contributed by atoms with Crippen LogP contribution < -0.4 is 14.8 Å². The highest BCUT2D eigenvalue weighted by Crippen LogP contribution is 2.28. The van der Waals surface area contributed by atoms with Gasteiger partial charge in [-0.05, 0) is 72.6 Å². The molecule has 0 fully saturated rings. The van der Waals surface area contributed by atoms with Crippen LogP contribution >= 0.6 is 23.2 Å². The lowest BCUT2D eigenvalue weighted by Gasteiger charge is -2.17. The summed E-state index contributed by atoms with van der Waals surface area (Å²) < 4.78 is 16.3. The molecule has 0 aliphatic heterocycles. The Morgan fingerprint density at radius 2 is 1.76 bits per heavy atom. The minimum Gasteiger partial charge on any atom is -0.496 e. The number of carbonyl (C=O) groups excluding carboxylic acids is 1. The van der Waals surface area contributed by atoms with E-state index in [2.05, 4.69) is 17.4 Å². The number of amides is 1. The van der Waals surface area contributed by atoms with Crippen molar-refractivity contribution in [2.24, 2.45) is 0 Å². The van der Waals surface area contributed by atoms with Crippen molar-refractivity contribution in [2.45, 2.75) is 32.1 Å². The van der Waals surface area contributed by atoms with Crippen LogP contribution in [0.3, 0.4) is 0 Å². The van der Waals surface area contributed by atoms with Crippen LogP contribution in [0, 0.1) is 0 Å². The van der Waals surface area contributed by atoms with Gasteiger partial charge in [0.05, 0.1) is 26.1 Å². The highest BCUT2D eigenvalue weighted by atomic mass is 35.5. The monoisotopic (exact) mass is 489 g/mol. The first-order chi connectivity index (χ1) is 16.0. The van der Waals surface area contributed by atoms with Crippen molar-refractivity contribution in [1.29, 1.82) is 0 Å². The third kappa shape index (κ3) is 7.18. The van der Waals surface area contributed by atoms with Gasteiger partial charge in [-0.1, -0.05) is 47.5 Å². The van der Waals surface area contributed by atoms with Crippen LogP contribution in [0.4, 0.5) is 0 Å². The zero-order chi connectivity index (χ0) is 23.6. The average Bonchev–Trinajstić information content (AvgIpc) is 2.83. The normalized spacial score (nSPS) is 13.0. The Morgan fingerprint density at radius 1 is 1.00 bits per heavy atom. The van der Waals surface area contributed by atoms with Crippen LogP contribution in [0.25, 0.3) is 5.57 Å². The maximum Gasteiger partial charge on any atom is 0.255 e. The number of methoxy groups -OCH3 is 2. The largest absolute Gasteiger partial charge is 0.496 e. The van der Waals surface area contributed by atoms with Gasteiger partial charge in [0.2, 0.25) is 0 Å². The van der Waals surface area contributed by atoms with Crippen molar-refractivity contribution < 1.29 is 19.0 Å². The van der Waals surface area contributed by atoms with Gasteiger partial charge in [0, 0.05) is 6.54 Å². The van der Waals surface area contributed by atoms with Crippen LogP contribution in [0.15, 0.2) is 53.2 Å². The SMILES string of the molecule is COc1ccc(CCNC(=O)C(=COCC=C(Cl)Cl)c2ccc3c(c2)CCCC3)cc1OC. The van der Waals surface area contributed by atoms with Gasteiger partial charge < -0.3 is 19.5 Å². The Kier molecular flexibility index (Phi) is 9.52. The number of rotatable bonds is 10. The fourth-order valence-electron chi connectivity index (χ4n) is 3.85. The van der Waals surface area contributed by atoms with E-state index in [0.29, 0.717) is 30.0 Å². The summed E-state index contributed by atoms with van der Waals surface area (Å²) >= 11 is 11.3. The van der Waals surface area contributed by atoms with Crippen molar-refractivity contribution in [1.82, 2.24) is 5.32 Å². The number of aryl methyl sites for hydroxylation is 2. The maximum atomic E-state index is 13.1. The number of ether oxygens (including phenoxy) is 3. The molecule has 2 aromatic rings. The van der Waals surface area contributed by atoms with Gasteiger partial charge in [0.25, 0.3) is 5.91 Å². The van der Waals surface area contributed by atoms with E-state index in [4.69, 9.17) is 37.4 Å². The molecule has 1 amide bonds. The topological polar surface area (TPSA) is 56.8 Å². The molecule has 0 saturated heterocycles. The summed E-state index contributed by atoms with van der Waals surface area (Å²) in [5.74, 6) is 1.13. The van der Waals surface area contributed by atoms with Gasteiger partial charge in [-0.3, -0.25) is 4.79 Å². The molecule has 33 heavy (non-hydrogen) atoms. The summed E-state index contributed by atoms with van der Waals surface area (Å²) in [4.78, 5) is 13.1. The minimum absolute atomic E-state index is 0.123. The molecular weight excluding hydrogens is 461 g/mol. The molecule has 3 rings (SSSR count). The summed E-state index contributed by atoms with van der Waals surface area (Å²) in [6.07, 6.45) is 8.14. The third-order valence-electron chi connectivity index (χ3n) is 5.59. The van der Waals surface area contributed by atoms with E-state index in [-0.39, 0.29) is 17.0 Å². The van der Waals surface area contributed by atoms with E-state index in [0.717, 1.165) is 24.0 Å². The first kappa shape index (κ1) is 25.0. The van der Waals surface area contributed by atoms with Crippen molar-refractivity contribution in [3.8, 4) is 11.5 Å². The molecule has 0 aromatic heterocycles. The van der Waals surface area contributed by atoms with E-state index >= 15 is 0 Å². The molecule has 0 saturated carbocycles. The Hall–Kier alpha value is -2.63. The minimum atomic E-state index is -0.202. The predicted octanol–water partition coefficient (Wildman–Crippen LogP) is 5.62. The van der Waals surface area contributed by atoms with Gasteiger partial charge in [-0.25, -0.2) is 0 Å². The Bertz CT molecular complexity index is 1030. The van der Waals surface area contributed by atoms with E-state index in [1.807, 2.05) is 24.3 Å². The summed E-state index contributed by atoms with van der Waals surface area (Å²) in [7, 11) is 3.21. The summed E-state index contributed by atoms with van der Waals surface area (Å²) in [5.41, 5.74) is 4.99. The number of nitrogens with one attached hydrogen (secondary N) is 1. The fourth-order valence-corrected chi connectivity index (χ4v) is 3.97. The van der Waals surface area contributed by atoms with Crippen molar-refractivity contribution in [3.63, 3.8) is 0 Å². The van der Waals surface area contributed by atoms with E-state index < -0.39 is 0 Å². The molecule has 0 unspecified atom stereocenters. The number of carbonyl (C=O) groups is 1. The molecule has 1 N–H and O–H groups in total. The smallest absolute Gasteiger partial charge is 0.255 e. The standard InChI is InChI=1S/C26H29Cl2NO4/c1-31-23-10-7-18(15-24(23)32-2)11-13-29-26(30)22(17-33-14-12-25(27)28)21-9-8-19-5-3-4-6-20(19)16-21/h7-10,12,15-17H,3-6,11,13-14H2,1-2H3,(H,29,30).